The van der Waals surface area contributed by atoms with E-state index in [-0.39, 0.29) is 0 Å². The number of aliphatic imine (C=N–C) groups is 1. The van der Waals surface area contributed by atoms with Gasteiger partial charge in [0.1, 0.15) is 18.2 Å². The number of benzene rings is 2. The minimum atomic E-state index is 0.402. The molecule has 0 bridgehead atoms. The molecule has 4 rings (SSSR count). The van der Waals surface area contributed by atoms with Crippen molar-refractivity contribution in [3.05, 3.63) is 84.1 Å². The zero-order valence-electron chi connectivity index (χ0n) is 17.6. The first-order valence-electron chi connectivity index (χ1n) is 10.2. The molecular formula is C24H25N5O2. The van der Waals surface area contributed by atoms with E-state index in [9.17, 15) is 0 Å². The molecule has 0 fully saturated rings. The van der Waals surface area contributed by atoms with Crippen LogP contribution in [0.2, 0.25) is 0 Å². The summed E-state index contributed by atoms with van der Waals surface area (Å²) in [6, 6.07) is 17.9. The second-order valence-corrected chi connectivity index (χ2v) is 7.07. The summed E-state index contributed by atoms with van der Waals surface area (Å²) in [4.78, 5) is 13.7. The number of hydrogen-bond acceptors (Lipinski definition) is 5. The van der Waals surface area contributed by atoms with Gasteiger partial charge in [0, 0.05) is 17.7 Å². The van der Waals surface area contributed by atoms with Crippen LogP contribution in [0.15, 0.2) is 81.0 Å². The van der Waals surface area contributed by atoms with E-state index in [1.54, 1.807) is 12.5 Å². The fourth-order valence-electron chi connectivity index (χ4n) is 2.99. The Morgan fingerprint density at radius 2 is 1.48 bits per heavy atom. The largest absolute Gasteiger partial charge is 0.444 e. The summed E-state index contributed by atoms with van der Waals surface area (Å²) in [5.41, 5.74) is 4.66. The Morgan fingerprint density at radius 1 is 0.839 bits per heavy atom. The van der Waals surface area contributed by atoms with Gasteiger partial charge in [-0.05, 0) is 38.1 Å². The fraction of sp³-hybridized carbons (Fsp3) is 0.208. The second kappa shape index (κ2) is 9.75. The minimum absolute atomic E-state index is 0.402. The maximum absolute atomic E-state index is 5.61. The highest BCUT2D eigenvalue weighted by molar-refractivity contribution is 5.79. The molecule has 7 nitrogen and oxygen atoms in total. The van der Waals surface area contributed by atoms with E-state index in [0.717, 1.165) is 29.1 Å². The predicted molar refractivity (Wildman–Crippen MR) is 120 cm³/mol. The number of hydrogen-bond donors (Lipinski definition) is 2. The monoisotopic (exact) mass is 415 g/mol. The second-order valence-electron chi connectivity index (χ2n) is 7.07. The van der Waals surface area contributed by atoms with Gasteiger partial charge in [-0.15, -0.1) is 0 Å². The summed E-state index contributed by atoms with van der Waals surface area (Å²) in [6.45, 7) is 5.71. The first-order valence-corrected chi connectivity index (χ1v) is 10.2. The van der Waals surface area contributed by atoms with Crippen molar-refractivity contribution in [3.8, 4) is 22.9 Å². The lowest BCUT2D eigenvalue weighted by Crippen LogP contribution is -2.36. The van der Waals surface area contributed by atoms with Crippen molar-refractivity contribution in [2.75, 3.05) is 6.54 Å². The molecule has 2 aromatic heterocycles. The van der Waals surface area contributed by atoms with Gasteiger partial charge in [-0.2, -0.15) is 0 Å². The molecule has 2 aromatic carbocycles. The molecule has 2 N–H and O–H groups in total. The standard InChI is InChI=1S/C24H25N5O2/c1-3-25-24(26-13-20-15-30-22(28-20)18-7-5-4-6-8-18)27-14-21-16-31-23(29-21)19-11-9-17(2)10-12-19/h4-12,15-16H,3,13-14H2,1-2H3,(H2,25,26,27). The number of oxazole rings is 2. The third kappa shape index (κ3) is 5.39. The van der Waals surface area contributed by atoms with E-state index in [2.05, 4.69) is 32.5 Å². The van der Waals surface area contributed by atoms with Crippen molar-refractivity contribution in [1.29, 1.82) is 0 Å². The van der Waals surface area contributed by atoms with Crippen molar-refractivity contribution in [2.24, 2.45) is 4.99 Å². The molecular weight excluding hydrogens is 390 g/mol. The Labute approximate surface area is 181 Å². The summed E-state index contributed by atoms with van der Waals surface area (Å²) in [7, 11) is 0. The van der Waals surface area contributed by atoms with Crippen LogP contribution in [0.4, 0.5) is 0 Å². The molecule has 0 saturated heterocycles. The molecule has 158 valence electrons. The van der Waals surface area contributed by atoms with Crippen molar-refractivity contribution in [3.63, 3.8) is 0 Å². The van der Waals surface area contributed by atoms with Crippen molar-refractivity contribution >= 4 is 5.96 Å². The third-order valence-corrected chi connectivity index (χ3v) is 4.60. The lowest BCUT2D eigenvalue weighted by Gasteiger charge is -2.09. The molecule has 0 unspecified atom stereocenters. The number of guanidine groups is 1. The van der Waals surface area contributed by atoms with Crippen LogP contribution in [0.1, 0.15) is 23.9 Å². The van der Waals surface area contributed by atoms with Gasteiger partial charge in [0.15, 0.2) is 5.96 Å². The third-order valence-electron chi connectivity index (χ3n) is 4.60. The van der Waals surface area contributed by atoms with Gasteiger partial charge in [-0.25, -0.2) is 15.0 Å². The van der Waals surface area contributed by atoms with Crippen molar-refractivity contribution < 1.29 is 8.83 Å². The van der Waals surface area contributed by atoms with E-state index >= 15 is 0 Å². The molecule has 0 atom stereocenters. The van der Waals surface area contributed by atoms with Crippen molar-refractivity contribution in [2.45, 2.75) is 26.9 Å². The van der Waals surface area contributed by atoms with E-state index in [4.69, 9.17) is 8.83 Å². The molecule has 0 aliphatic carbocycles. The molecule has 2 heterocycles. The number of nitrogens with one attached hydrogen (secondary N) is 2. The molecule has 0 spiro atoms. The summed E-state index contributed by atoms with van der Waals surface area (Å²) in [5, 5.41) is 6.50. The van der Waals surface area contributed by atoms with Crippen LogP contribution >= 0.6 is 0 Å². The number of aryl methyl sites for hydroxylation is 1. The Hall–Kier alpha value is -3.87. The first-order chi connectivity index (χ1) is 15.2. The Bertz CT molecular complexity index is 1130. The number of rotatable bonds is 7. The molecule has 0 aliphatic rings. The highest BCUT2D eigenvalue weighted by Gasteiger charge is 2.09. The summed E-state index contributed by atoms with van der Waals surface area (Å²) in [6.07, 6.45) is 3.30. The average molecular weight is 415 g/mol. The van der Waals surface area contributed by atoms with Crippen LogP contribution in [0.3, 0.4) is 0 Å². The molecule has 7 heteroatoms. The van der Waals surface area contributed by atoms with Gasteiger partial charge in [0.25, 0.3) is 0 Å². The summed E-state index contributed by atoms with van der Waals surface area (Å²) in [5.74, 6) is 1.87. The molecule has 31 heavy (non-hydrogen) atoms. The lowest BCUT2D eigenvalue weighted by molar-refractivity contribution is 0.572. The average Bonchev–Trinajstić information content (AvgIpc) is 3.47. The quantitative estimate of drug-likeness (QED) is 0.340. The smallest absolute Gasteiger partial charge is 0.226 e. The molecule has 0 aliphatic heterocycles. The van der Waals surface area contributed by atoms with Crippen LogP contribution in [-0.2, 0) is 13.1 Å². The van der Waals surface area contributed by atoms with E-state index < -0.39 is 0 Å². The number of nitrogens with zero attached hydrogens (tertiary/aromatic N) is 3. The van der Waals surface area contributed by atoms with Crippen LogP contribution in [-0.4, -0.2) is 22.5 Å². The van der Waals surface area contributed by atoms with Gasteiger partial charge >= 0.3 is 0 Å². The normalized spacial score (nSPS) is 11.5. The zero-order valence-corrected chi connectivity index (χ0v) is 17.6. The maximum Gasteiger partial charge on any atom is 0.226 e. The van der Waals surface area contributed by atoms with Crippen LogP contribution in [0, 0.1) is 6.92 Å². The topological polar surface area (TPSA) is 88.5 Å². The van der Waals surface area contributed by atoms with Crippen LogP contribution < -0.4 is 10.6 Å². The molecule has 0 radical (unpaired) electrons. The van der Waals surface area contributed by atoms with Crippen LogP contribution in [0.5, 0.6) is 0 Å². The van der Waals surface area contributed by atoms with Crippen LogP contribution in [0.25, 0.3) is 22.9 Å². The highest BCUT2D eigenvalue weighted by Crippen LogP contribution is 2.20. The van der Waals surface area contributed by atoms with E-state index in [1.807, 2.05) is 61.5 Å². The Balaban J connectivity index is 1.38. The zero-order chi connectivity index (χ0) is 21.5. The number of aromatic nitrogens is 2. The van der Waals surface area contributed by atoms with Gasteiger partial charge in [-0.3, -0.25) is 0 Å². The van der Waals surface area contributed by atoms with Gasteiger partial charge in [0.2, 0.25) is 11.8 Å². The van der Waals surface area contributed by atoms with Gasteiger partial charge in [0.05, 0.1) is 18.8 Å². The Morgan fingerprint density at radius 3 is 2.19 bits per heavy atom. The summed E-state index contributed by atoms with van der Waals surface area (Å²) >= 11 is 0. The van der Waals surface area contributed by atoms with Gasteiger partial charge in [-0.1, -0.05) is 35.9 Å². The molecule has 0 amide bonds. The lowest BCUT2D eigenvalue weighted by atomic mass is 10.1. The maximum atomic E-state index is 5.61. The fourth-order valence-corrected chi connectivity index (χ4v) is 2.99. The SMILES string of the molecule is CCNC(=NCc1coc(-c2ccc(C)cc2)n1)NCc1coc(-c2ccccc2)n1. The molecule has 0 saturated carbocycles. The minimum Gasteiger partial charge on any atom is -0.444 e. The van der Waals surface area contributed by atoms with Gasteiger partial charge < -0.3 is 19.5 Å². The van der Waals surface area contributed by atoms with Crippen molar-refractivity contribution in [1.82, 2.24) is 20.6 Å². The molecule has 4 aromatic rings. The van der Waals surface area contributed by atoms with E-state index in [1.165, 1.54) is 5.56 Å². The summed E-state index contributed by atoms with van der Waals surface area (Å²) < 4.78 is 11.2. The Kier molecular flexibility index (Phi) is 6.42. The first kappa shape index (κ1) is 20.4. The predicted octanol–water partition coefficient (Wildman–Crippen LogP) is 4.56. The highest BCUT2D eigenvalue weighted by atomic mass is 16.3. The van der Waals surface area contributed by atoms with E-state index in [0.29, 0.717) is 30.8 Å².